The van der Waals surface area contributed by atoms with E-state index in [4.69, 9.17) is 9.47 Å². The van der Waals surface area contributed by atoms with Crippen LogP contribution in [0.15, 0.2) is 96.4 Å². The largest absolute Gasteiger partial charge is 0.392 e. The summed E-state index contributed by atoms with van der Waals surface area (Å²) in [7, 11) is 1.99. The van der Waals surface area contributed by atoms with Crippen molar-refractivity contribution in [3.05, 3.63) is 119 Å². The zero-order valence-electron chi connectivity index (χ0n) is 23.3. The van der Waals surface area contributed by atoms with Crippen molar-refractivity contribution < 1.29 is 19.4 Å². The van der Waals surface area contributed by atoms with Crippen molar-refractivity contribution in [3.63, 3.8) is 0 Å². The van der Waals surface area contributed by atoms with Crippen molar-refractivity contribution in [1.82, 2.24) is 20.2 Å². The first-order valence-corrected chi connectivity index (χ1v) is 14.7. The highest BCUT2D eigenvalue weighted by Gasteiger charge is 2.38. The molecular formula is C32H36N4O4S. The van der Waals surface area contributed by atoms with E-state index in [1.54, 1.807) is 18.0 Å². The molecule has 1 aliphatic rings. The number of imidazole rings is 1. The van der Waals surface area contributed by atoms with Crippen LogP contribution in [-0.4, -0.2) is 32.5 Å². The Bertz CT molecular complexity index is 1400. The molecule has 0 spiro atoms. The maximum Gasteiger partial charge on any atom is 0.315 e. The minimum Gasteiger partial charge on any atom is -0.392 e. The number of nitrogens with one attached hydrogen (secondary N) is 2. The SMILES string of the molecule is C[C@H]1[C@@H](CSc2nccn2C)O[C@@H](c2ccc(CNC(=O)NCc3ccccc3)cc2)O[C@H]1c1ccc(CO)cc1. The lowest BCUT2D eigenvalue weighted by Crippen LogP contribution is -2.38. The smallest absolute Gasteiger partial charge is 0.315 e. The number of aliphatic hydroxyl groups excluding tert-OH is 1. The average molecular weight is 573 g/mol. The van der Waals surface area contributed by atoms with Crippen LogP contribution in [0.2, 0.25) is 0 Å². The molecule has 1 fully saturated rings. The van der Waals surface area contributed by atoms with Gasteiger partial charge in [0.1, 0.15) is 0 Å². The third-order valence-electron chi connectivity index (χ3n) is 7.28. The van der Waals surface area contributed by atoms with Gasteiger partial charge in [-0.25, -0.2) is 9.78 Å². The number of amides is 2. The first-order chi connectivity index (χ1) is 20.0. The van der Waals surface area contributed by atoms with Gasteiger partial charge in [0.05, 0.1) is 18.8 Å². The van der Waals surface area contributed by atoms with Gasteiger partial charge in [-0.15, -0.1) is 0 Å². The van der Waals surface area contributed by atoms with Gasteiger partial charge >= 0.3 is 6.03 Å². The number of aromatic nitrogens is 2. The second kappa shape index (κ2) is 13.8. The highest BCUT2D eigenvalue weighted by molar-refractivity contribution is 7.99. The molecule has 9 heteroatoms. The van der Waals surface area contributed by atoms with Crippen LogP contribution in [0.5, 0.6) is 0 Å². The predicted octanol–water partition coefficient (Wildman–Crippen LogP) is 5.50. The second-order valence-corrected chi connectivity index (χ2v) is 11.2. The summed E-state index contributed by atoms with van der Waals surface area (Å²) in [5, 5.41) is 16.2. The van der Waals surface area contributed by atoms with Crippen LogP contribution >= 0.6 is 11.8 Å². The molecule has 0 aliphatic carbocycles. The molecule has 5 rings (SSSR count). The lowest BCUT2D eigenvalue weighted by atomic mass is 9.91. The summed E-state index contributed by atoms with van der Waals surface area (Å²) >= 11 is 1.67. The Kier molecular flexibility index (Phi) is 9.74. The number of aliphatic hydroxyl groups is 1. The highest BCUT2D eigenvalue weighted by atomic mass is 32.2. The van der Waals surface area contributed by atoms with E-state index in [-0.39, 0.29) is 30.8 Å². The fourth-order valence-corrected chi connectivity index (χ4v) is 5.87. The van der Waals surface area contributed by atoms with Crippen LogP contribution in [0.4, 0.5) is 4.79 Å². The summed E-state index contributed by atoms with van der Waals surface area (Å²) in [6.45, 7) is 3.05. The second-order valence-electron chi connectivity index (χ2n) is 10.2. The van der Waals surface area contributed by atoms with Crippen molar-refractivity contribution in [2.45, 2.75) is 50.3 Å². The Morgan fingerprint density at radius 3 is 2.17 bits per heavy atom. The van der Waals surface area contributed by atoms with E-state index >= 15 is 0 Å². The van der Waals surface area contributed by atoms with Crippen molar-refractivity contribution >= 4 is 17.8 Å². The predicted molar refractivity (Wildman–Crippen MR) is 159 cm³/mol. The third-order valence-corrected chi connectivity index (χ3v) is 8.42. The van der Waals surface area contributed by atoms with Gasteiger partial charge in [-0.2, -0.15) is 0 Å². The molecule has 8 nitrogen and oxygen atoms in total. The van der Waals surface area contributed by atoms with E-state index in [9.17, 15) is 9.90 Å². The third kappa shape index (κ3) is 7.56. The number of ether oxygens (including phenoxy) is 2. The van der Waals surface area contributed by atoms with E-state index in [0.717, 1.165) is 38.7 Å². The average Bonchev–Trinajstić information content (AvgIpc) is 3.43. The molecule has 1 aromatic heterocycles. The molecule has 2 heterocycles. The van der Waals surface area contributed by atoms with E-state index in [2.05, 4.69) is 22.5 Å². The van der Waals surface area contributed by atoms with Crippen molar-refractivity contribution in [2.75, 3.05) is 5.75 Å². The Balaban J connectivity index is 1.24. The molecule has 1 saturated heterocycles. The zero-order valence-corrected chi connectivity index (χ0v) is 24.1. The number of urea groups is 1. The molecular weight excluding hydrogens is 536 g/mol. The fraction of sp³-hybridized carbons (Fsp3) is 0.312. The van der Waals surface area contributed by atoms with Crippen molar-refractivity contribution in [2.24, 2.45) is 13.0 Å². The number of rotatable bonds is 10. The number of thioether (sulfide) groups is 1. The molecule has 0 saturated carbocycles. The van der Waals surface area contributed by atoms with Gasteiger partial charge in [0.25, 0.3) is 0 Å². The molecule has 1 aliphatic heterocycles. The van der Waals surface area contributed by atoms with Gasteiger partial charge in [0, 0.05) is 49.8 Å². The van der Waals surface area contributed by atoms with Gasteiger partial charge in [-0.05, 0) is 22.3 Å². The summed E-state index contributed by atoms with van der Waals surface area (Å²) in [6.07, 6.45) is 2.94. The monoisotopic (exact) mass is 572 g/mol. The van der Waals surface area contributed by atoms with Gasteiger partial charge in [-0.3, -0.25) is 0 Å². The number of carbonyl (C=O) groups excluding carboxylic acids is 1. The number of aryl methyl sites for hydroxylation is 1. The Labute approximate surface area is 245 Å². The Morgan fingerprint density at radius 2 is 1.54 bits per heavy atom. The highest BCUT2D eigenvalue weighted by Crippen LogP contribution is 2.42. The number of hydrogen-bond acceptors (Lipinski definition) is 6. The first kappa shape index (κ1) is 28.9. The molecule has 41 heavy (non-hydrogen) atoms. The summed E-state index contributed by atoms with van der Waals surface area (Å²) in [4.78, 5) is 16.7. The summed E-state index contributed by atoms with van der Waals surface area (Å²) in [5.74, 6) is 0.828. The van der Waals surface area contributed by atoms with Crippen LogP contribution in [0.3, 0.4) is 0 Å². The van der Waals surface area contributed by atoms with Crippen LogP contribution < -0.4 is 10.6 Å². The van der Waals surface area contributed by atoms with Gasteiger partial charge in [-0.1, -0.05) is 97.5 Å². The topological polar surface area (TPSA) is 97.6 Å². The number of hydrogen-bond donors (Lipinski definition) is 3. The van der Waals surface area contributed by atoms with Crippen LogP contribution in [-0.2, 0) is 36.2 Å². The normalized spacial score (nSPS) is 20.5. The van der Waals surface area contributed by atoms with Crippen LogP contribution in [0.25, 0.3) is 0 Å². The van der Waals surface area contributed by atoms with Gasteiger partial charge in [0.15, 0.2) is 11.4 Å². The molecule has 0 unspecified atom stereocenters. The van der Waals surface area contributed by atoms with Crippen molar-refractivity contribution in [3.8, 4) is 0 Å². The first-order valence-electron chi connectivity index (χ1n) is 13.8. The molecule has 0 radical (unpaired) electrons. The fourth-order valence-electron chi connectivity index (χ4n) is 4.77. The van der Waals surface area contributed by atoms with E-state index < -0.39 is 6.29 Å². The molecule has 0 bridgehead atoms. The van der Waals surface area contributed by atoms with Crippen LogP contribution in [0, 0.1) is 5.92 Å². The Hall–Kier alpha value is -3.63. The van der Waals surface area contributed by atoms with Crippen molar-refractivity contribution in [1.29, 1.82) is 0 Å². The molecule has 2 amide bonds. The Morgan fingerprint density at radius 1 is 0.902 bits per heavy atom. The standard InChI is InChI=1S/C32H36N4O4S/c1-22-28(21-41-32-33-16-17-36(32)2)39-30(40-29(22)26-12-10-25(20-37)11-13-26)27-14-8-24(9-15-27)19-35-31(38)34-18-23-6-4-3-5-7-23/h3-17,22,28-30,37H,18-21H2,1-2H3,(H2,34,35,38)/t22-,28+,29+,30+/m0/s1. The molecule has 4 aromatic rings. The van der Waals surface area contributed by atoms with Gasteiger partial charge in [0.2, 0.25) is 0 Å². The maximum absolute atomic E-state index is 12.3. The zero-order chi connectivity index (χ0) is 28.6. The summed E-state index contributed by atoms with van der Waals surface area (Å²) < 4.78 is 15.1. The van der Waals surface area contributed by atoms with E-state index in [1.807, 2.05) is 96.7 Å². The van der Waals surface area contributed by atoms with Gasteiger partial charge < -0.3 is 29.8 Å². The molecule has 4 atom stereocenters. The lowest BCUT2D eigenvalue weighted by molar-refractivity contribution is -0.268. The minimum absolute atomic E-state index is 0.00587. The summed E-state index contributed by atoms with van der Waals surface area (Å²) in [6, 6.07) is 25.5. The molecule has 214 valence electrons. The van der Waals surface area contributed by atoms with E-state index in [0.29, 0.717) is 13.1 Å². The number of benzene rings is 3. The lowest BCUT2D eigenvalue weighted by Gasteiger charge is -2.41. The molecule has 3 aromatic carbocycles. The van der Waals surface area contributed by atoms with E-state index in [1.165, 1.54) is 0 Å². The number of nitrogens with zero attached hydrogens (tertiary/aromatic N) is 2. The molecule has 3 N–H and O–H groups in total. The van der Waals surface area contributed by atoms with Crippen LogP contribution in [0.1, 0.15) is 47.1 Å². The minimum atomic E-state index is -0.545. The maximum atomic E-state index is 12.3. The quantitative estimate of drug-likeness (QED) is 0.217. The summed E-state index contributed by atoms with van der Waals surface area (Å²) in [5.41, 5.74) is 4.86. The number of carbonyl (C=O) groups is 1.